The highest BCUT2D eigenvalue weighted by atomic mass is 16.5. The largest absolute Gasteiger partial charge is 0.469 e. The molecule has 0 bridgehead atoms. The molecule has 19 heavy (non-hydrogen) atoms. The van der Waals surface area contributed by atoms with Crippen molar-refractivity contribution >= 4 is 5.97 Å². The smallest absolute Gasteiger partial charge is 0.354 e. The van der Waals surface area contributed by atoms with Gasteiger partial charge in [-0.1, -0.05) is 13.3 Å². The van der Waals surface area contributed by atoms with Crippen LogP contribution in [0, 0.1) is 0 Å². The second kappa shape index (κ2) is 6.27. The predicted molar refractivity (Wildman–Crippen MR) is 72.2 cm³/mol. The number of furan rings is 1. The molecule has 0 fully saturated rings. The molecule has 0 radical (unpaired) electrons. The first-order chi connectivity index (χ1) is 9.26. The molecule has 0 aromatic carbocycles. The third-order valence-electron chi connectivity index (χ3n) is 3.14. The van der Waals surface area contributed by atoms with E-state index in [1.807, 2.05) is 28.8 Å². The molecule has 0 spiro atoms. The maximum absolute atomic E-state index is 11.7. The number of nitrogens with zero attached hydrogens (tertiary/aromatic N) is 1. The Morgan fingerprint density at radius 2 is 2.21 bits per heavy atom. The molecule has 2 rings (SSSR count). The summed E-state index contributed by atoms with van der Waals surface area (Å²) in [7, 11) is 1.41. The second-order valence-electron chi connectivity index (χ2n) is 4.46. The molecule has 0 amide bonds. The van der Waals surface area contributed by atoms with Crippen molar-refractivity contribution in [1.29, 1.82) is 0 Å². The van der Waals surface area contributed by atoms with Gasteiger partial charge >= 0.3 is 5.97 Å². The first-order valence-corrected chi connectivity index (χ1v) is 6.55. The van der Waals surface area contributed by atoms with E-state index < -0.39 is 0 Å². The fraction of sp³-hybridized carbons (Fsp3) is 0.400. The maximum Gasteiger partial charge on any atom is 0.354 e. The minimum atomic E-state index is -0.290. The molecule has 0 aliphatic heterocycles. The summed E-state index contributed by atoms with van der Waals surface area (Å²) >= 11 is 0. The van der Waals surface area contributed by atoms with Gasteiger partial charge in [0.1, 0.15) is 11.5 Å². The Morgan fingerprint density at radius 1 is 1.37 bits per heavy atom. The van der Waals surface area contributed by atoms with Crippen molar-refractivity contribution in [3.8, 4) is 0 Å². The Balaban J connectivity index is 2.26. The summed E-state index contributed by atoms with van der Waals surface area (Å²) in [4.78, 5) is 11.7. The summed E-state index contributed by atoms with van der Waals surface area (Å²) in [6.45, 7) is 2.96. The van der Waals surface area contributed by atoms with E-state index in [4.69, 9.17) is 9.15 Å². The molecule has 4 nitrogen and oxygen atoms in total. The molecule has 0 atom stereocenters. The molecule has 2 aromatic heterocycles. The van der Waals surface area contributed by atoms with Gasteiger partial charge in [-0.2, -0.15) is 0 Å². The molecular formula is C15H19NO3. The van der Waals surface area contributed by atoms with Gasteiger partial charge < -0.3 is 13.7 Å². The second-order valence-corrected chi connectivity index (χ2v) is 4.46. The maximum atomic E-state index is 11.7. The zero-order valence-electron chi connectivity index (χ0n) is 11.4. The SMILES string of the molecule is CCCCn1c(Cc2ccco2)ccc1C(=O)OC. The van der Waals surface area contributed by atoms with E-state index in [9.17, 15) is 4.79 Å². The number of unbranched alkanes of at least 4 members (excludes halogenated alkanes) is 1. The zero-order chi connectivity index (χ0) is 13.7. The van der Waals surface area contributed by atoms with Crippen molar-refractivity contribution in [1.82, 2.24) is 4.57 Å². The molecule has 0 saturated heterocycles. The number of carbonyl (C=O) groups is 1. The molecule has 0 saturated carbocycles. The van der Waals surface area contributed by atoms with Crippen molar-refractivity contribution in [2.45, 2.75) is 32.7 Å². The average molecular weight is 261 g/mol. The van der Waals surface area contributed by atoms with Crippen LogP contribution >= 0.6 is 0 Å². The highest BCUT2D eigenvalue weighted by molar-refractivity contribution is 5.87. The van der Waals surface area contributed by atoms with Crippen molar-refractivity contribution in [3.63, 3.8) is 0 Å². The van der Waals surface area contributed by atoms with E-state index in [1.165, 1.54) is 7.11 Å². The first kappa shape index (κ1) is 13.5. The summed E-state index contributed by atoms with van der Waals surface area (Å²) in [6.07, 6.45) is 4.46. The van der Waals surface area contributed by atoms with Gasteiger partial charge in [-0.15, -0.1) is 0 Å². The van der Waals surface area contributed by atoms with Gasteiger partial charge in [0.05, 0.1) is 13.4 Å². The van der Waals surface area contributed by atoms with Gasteiger partial charge in [0, 0.05) is 18.7 Å². The number of carbonyl (C=O) groups excluding carboxylic acids is 1. The van der Waals surface area contributed by atoms with E-state index in [2.05, 4.69) is 6.92 Å². The number of aromatic nitrogens is 1. The summed E-state index contributed by atoms with van der Waals surface area (Å²) in [5, 5.41) is 0. The highest BCUT2D eigenvalue weighted by Gasteiger charge is 2.15. The lowest BCUT2D eigenvalue weighted by atomic mass is 10.2. The molecule has 0 aliphatic carbocycles. The third kappa shape index (κ3) is 3.08. The zero-order valence-corrected chi connectivity index (χ0v) is 11.4. The van der Waals surface area contributed by atoms with Gasteiger partial charge in [-0.3, -0.25) is 0 Å². The average Bonchev–Trinajstić information content (AvgIpc) is 3.06. The number of rotatable bonds is 6. The lowest BCUT2D eigenvalue weighted by Gasteiger charge is -2.11. The van der Waals surface area contributed by atoms with Crippen LogP contribution in [0.2, 0.25) is 0 Å². The summed E-state index contributed by atoms with van der Waals surface area (Å²) in [5.74, 6) is 0.606. The van der Waals surface area contributed by atoms with Crippen LogP contribution in [0.5, 0.6) is 0 Å². The van der Waals surface area contributed by atoms with Gasteiger partial charge in [-0.05, 0) is 30.7 Å². The lowest BCUT2D eigenvalue weighted by molar-refractivity contribution is 0.0587. The third-order valence-corrected chi connectivity index (χ3v) is 3.14. The van der Waals surface area contributed by atoms with Crippen LogP contribution in [0.15, 0.2) is 34.9 Å². The van der Waals surface area contributed by atoms with Crippen LogP contribution in [0.1, 0.15) is 41.7 Å². The molecule has 4 heteroatoms. The van der Waals surface area contributed by atoms with Crippen LogP contribution in [0.3, 0.4) is 0 Å². The number of hydrogen-bond donors (Lipinski definition) is 0. The molecule has 102 valence electrons. The standard InChI is InChI=1S/C15H19NO3/c1-3-4-9-16-12(11-13-6-5-10-19-13)7-8-14(16)15(17)18-2/h5-8,10H,3-4,9,11H2,1-2H3. The Hall–Kier alpha value is -1.97. The number of esters is 1. The minimum absolute atomic E-state index is 0.290. The van der Waals surface area contributed by atoms with E-state index in [0.717, 1.165) is 30.8 Å². The fourth-order valence-corrected chi connectivity index (χ4v) is 2.12. The number of ether oxygens (including phenoxy) is 1. The quantitative estimate of drug-likeness (QED) is 0.750. The minimum Gasteiger partial charge on any atom is -0.469 e. The molecule has 0 aliphatic rings. The van der Waals surface area contributed by atoms with Crippen LogP contribution < -0.4 is 0 Å². The monoisotopic (exact) mass is 261 g/mol. The number of methoxy groups -OCH3 is 1. The van der Waals surface area contributed by atoms with Crippen LogP contribution in [-0.2, 0) is 17.7 Å². The van der Waals surface area contributed by atoms with Crippen molar-refractivity contribution in [3.05, 3.63) is 47.7 Å². The van der Waals surface area contributed by atoms with E-state index >= 15 is 0 Å². The molecule has 0 unspecified atom stereocenters. The Morgan fingerprint density at radius 3 is 2.84 bits per heavy atom. The van der Waals surface area contributed by atoms with Gasteiger partial charge in [-0.25, -0.2) is 4.79 Å². The first-order valence-electron chi connectivity index (χ1n) is 6.55. The van der Waals surface area contributed by atoms with Crippen molar-refractivity contribution in [2.24, 2.45) is 0 Å². The Bertz CT molecular complexity index is 526. The normalized spacial score (nSPS) is 10.6. The van der Waals surface area contributed by atoms with E-state index in [1.54, 1.807) is 6.26 Å². The summed E-state index contributed by atoms with van der Waals surface area (Å²) < 4.78 is 12.2. The Kier molecular flexibility index (Phi) is 4.44. The molecule has 0 N–H and O–H groups in total. The predicted octanol–water partition coefficient (Wildman–Crippen LogP) is 3.26. The highest BCUT2D eigenvalue weighted by Crippen LogP contribution is 2.16. The lowest BCUT2D eigenvalue weighted by Crippen LogP contribution is -2.13. The summed E-state index contributed by atoms with van der Waals surface area (Å²) in [5.41, 5.74) is 1.68. The van der Waals surface area contributed by atoms with Gasteiger partial charge in [0.15, 0.2) is 0 Å². The topological polar surface area (TPSA) is 44.4 Å². The molecule has 2 aromatic rings. The van der Waals surface area contributed by atoms with Crippen LogP contribution in [0.25, 0.3) is 0 Å². The van der Waals surface area contributed by atoms with Gasteiger partial charge in [0.2, 0.25) is 0 Å². The summed E-state index contributed by atoms with van der Waals surface area (Å²) in [6, 6.07) is 7.59. The van der Waals surface area contributed by atoms with Crippen molar-refractivity contribution < 1.29 is 13.9 Å². The van der Waals surface area contributed by atoms with E-state index in [-0.39, 0.29) is 5.97 Å². The van der Waals surface area contributed by atoms with Crippen LogP contribution in [-0.4, -0.2) is 17.6 Å². The van der Waals surface area contributed by atoms with E-state index in [0.29, 0.717) is 12.1 Å². The number of hydrogen-bond acceptors (Lipinski definition) is 3. The Labute approximate surface area is 113 Å². The van der Waals surface area contributed by atoms with Crippen LogP contribution in [0.4, 0.5) is 0 Å². The molecular weight excluding hydrogens is 242 g/mol. The fourth-order valence-electron chi connectivity index (χ4n) is 2.12. The molecule has 2 heterocycles. The van der Waals surface area contributed by atoms with Crippen molar-refractivity contribution in [2.75, 3.05) is 7.11 Å². The van der Waals surface area contributed by atoms with Gasteiger partial charge in [0.25, 0.3) is 0 Å².